The van der Waals surface area contributed by atoms with Crippen LogP contribution < -0.4 is 5.32 Å². The molecule has 0 amide bonds. The van der Waals surface area contributed by atoms with Crippen LogP contribution in [0.25, 0.3) is 0 Å². The molecule has 1 N–H and O–H groups in total. The number of nitrogens with one attached hydrogen (secondary N) is 1. The highest BCUT2D eigenvalue weighted by Crippen LogP contribution is 2.25. The minimum absolute atomic E-state index is 0.358. The Labute approximate surface area is 125 Å². The predicted molar refractivity (Wildman–Crippen MR) is 84.7 cm³/mol. The topological polar surface area (TPSA) is 24.5 Å². The summed E-state index contributed by atoms with van der Waals surface area (Å²) in [4.78, 5) is 2.60. The summed E-state index contributed by atoms with van der Waals surface area (Å²) in [6.45, 7) is 6.93. The van der Waals surface area contributed by atoms with E-state index < -0.39 is 0 Å². The average molecular weight is 282 g/mol. The molecule has 20 heavy (non-hydrogen) atoms. The van der Waals surface area contributed by atoms with Crippen LogP contribution in [0.4, 0.5) is 0 Å². The minimum Gasteiger partial charge on any atom is -0.360 e. The van der Waals surface area contributed by atoms with Crippen LogP contribution in [0.15, 0.2) is 0 Å². The molecule has 3 heteroatoms. The minimum atomic E-state index is 0.358. The van der Waals surface area contributed by atoms with Crippen LogP contribution in [-0.2, 0) is 4.74 Å². The number of ether oxygens (including phenoxy) is 1. The highest BCUT2D eigenvalue weighted by molar-refractivity contribution is 4.81. The fraction of sp³-hybridized carbons (Fsp3) is 1.00. The maximum absolute atomic E-state index is 6.41. The first-order chi connectivity index (χ1) is 9.81. The lowest BCUT2D eigenvalue weighted by molar-refractivity contribution is -0.122. The summed E-state index contributed by atoms with van der Waals surface area (Å²) in [6, 6.07) is 0. The third-order valence-corrected chi connectivity index (χ3v) is 4.78. The van der Waals surface area contributed by atoms with Gasteiger partial charge < -0.3 is 10.1 Å². The highest BCUT2D eigenvalue weighted by Gasteiger charge is 2.31. The van der Waals surface area contributed by atoms with Crippen LogP contribution >= 0.6 is 0 Å². The lowest BCUT2D eigenvalue weighted by Crippen LogP contribution is -2.55. The first-order valence-corrected chi connectivity index (χ1v) is 8.96. The van der Waals surface area contributed by atoms with E-state index >= 15 is 0 Å². The molecule has 2 aliphatic heterocycles. The van der Waals surface area contributed by atoms with Crippen molar-refractivity contribution in [2.24, 2.45) is 0 Å². The van der Waals surface area contributed by atoms with Crippen LogP contribution in [0.1, 0.15) is 78.1 Å². The molecule has 2 heterocycles. The van der Waals surface area contributed by atoms with Gasteiger partial charge in [0.25, 0.3) is 0 Å². The van der Waals surface area contributed by atoms with E-state index in [0.717, 1.165) is 0 Å². The number of rotatable bonds is 7. The standard InChI is InChI=1S/C17H34N2O/c1-3-4-5-6-10-15(2)20-17-12-8-7-11-16-18-13-9-14-19(16)17/h15-18H,3-14H2,1-2H3. The molecule has 0 bridgehead atoms. The average Bonchev–Trinajstić information content (AvgIpc) is 2.67. The molecule has 0 saturated carbocycles. The lowest BCUT2D eigenvalue weighted by Gasteiger charge is -2.40. The van der Waals surface area contributed by atoms with Crippen molar-refractivity contribution in [1.82, 2.24) is 10.2 Å². The largest absolute Gasteiger partial charge is 0.360 e. The number of nitrogens with zero attached hydrogens (tertiary/aromatic N) is 1. The summed E-state index contributed by atoms with van der Waals surface area (Å²) >= 11 is 0. The Morgan fingerprint density at radius 2 is 2.00 bits per heavy atom. The lowest BCUT2D eigenvalue weighted by atomic mass is 10.1. The van der Waals surface area contributed by atoms with Gasteiger partial charge in [-0.3, -0.25) is 4.90 Å². The fourth-order valence-corrected chi connectivity index (χ4v) is 3.58. The smallest absolute Gasteiger partial charge is 0.112 e. The van der Waals surface area contributed by atoms with Crippen molar-refractivity contribution < 1.29 is 4.74 Å². The Morgan fingerprint density at radius 3 is 2.85 bits per heavy atom. The van der Waals surface area contributed by atoms with Gasteiger partial charge in [-0.25, -0.2) is 0 Å². The van der Waals surface area contributed by atoms with Gasteiger partial charge in [-0.2, -0.15) is 0 Å². The van der Waals surface area contributed by atoms with Crippen LogP contribution in [0.5, 0.6) is 0 Å². The number of unbranched alkanes of at least 4 members (excludes halogenated alkanes) is 3. The van der Waals surface area contributed by atoms with E-state index in [4.69, 9.17) is 4.74 Å². The second kappa shape index (κ2) is 9.01. The van der Waals surface area contributed by atoms with Crippen molar-refractivity contribution in [2.45, 2.75) is 96.6 Å². The van der Waals surface area contributed by atoms with Gasteiger partial charge in [-0.15, -0.1) is 0 Å². The van der Waals surface area contributed by atoms with Crippen LogP contribution in [0, 0.1) is 0 Å². The summed E-state index contributed by atoms with van der Waals surface area (Å²) in [7, 11) is 0. The first kappa shape index (κ1) is 16.3. The molecule has 2 saturated heterocycles. The molecule has 0 aromatic carbocycles. The Balaban J connectivity index is 1.76. The number of hydrogen-bond donors (Lipinski definition) is 1. The fourth-order valence-electron chi connectivity index (χ4n) is 3.58. The molecule has 0 aromatic rings. The first-order valence-electron chi connectivity index (χ1n) is 8.96. The van der Waals surface area contributed by atoms with Gasteiger partial charge in [-0.1, -0.05) is 39.0 Å². The molecule has 3 unspecified atom stereocenters. The molecule has 118 valence electrons. The van der Waals surface area contributed by atoms with Gasteiger partial charge in [0.15, 0.2) is 0 Å². The van der Waals surface area contributed by atoms with Crippen LogP contribution in [0.3, 0.4) is 0 Å². The van der Waals surface area contributed by atoms with E-state index in [9.17, 15) is 0 Å². The molecule has 2 fully saturated rings. The molecule has 0 aromatic heterocycles. The molecule has 3 atom stereocenters. The van der Waals surface area contributed by atoms with Crippen molar-refractivity contribution in [3.05, 3.63) is 0 Å². The Bertz CT molecular complexity index is 259. The van der Waals surface area contributed by atoms with E-state index in [2.05, 4.69) is 24.1 Å². The van der Waals surface area contributed by atoms with E-state index in [-0.39, 0.29) is 0 Å². The predicted octanol–water partition coefficient (Wildman–Crippen LogP) is 3.88. The Hall–Kier alpha value is -0.120. The zero-order valence-electron chi connectivity index (χ0n) is 13.6. The third kappa shape index (κ3) is 5.01. The maximum Gasteiger partial charge on any atom is 0.112 e. The highest BCUT2D eigenvalue weighted by atomic mass is 16.5. The van der Waals surface area contributed by atoms with Gasteiger partial charge in [0, 0.05) is 6.54 Å². The van der Waals surface area contributed by atoms with E-state index in [1.54, 1.807) is 0 Å². The van der Waals surface area contributed by atoms with Crippen molar-refractivity contribution >= 4 is 0 Å². The molecular formula is C17H34N2O. The van der Waals surface area contributed by atoms with E-state index in [1.807, 2.05) is 0 Å². The molecule has 2 aliphatic rings. The summed E-state index contributed by atoms with van der Waals surface area (Å²) < 4.78 is 6.41. The number of fused-ring (bicyclic) bond motifs is 1. The molecule has 0 spiro atoms. The number of hydrogen-bond acceptors (Lipinski definition) is 3. The second-order valence-corrected chi connectivity index (χ2v) is 6.60. The zero-order chi connectivity index (χ0) is 14.2. The van der Waals surface area contributed by atoms with Crippen molar-refractivity contribution in [3.63, 3.8) is 0 Å². The summed E-state index contributed by atoms with van der Waals surface area (Å²) in [5.74, 6) is 0. The zero-order valence-corrected chi connectivity index (χ0v) is 13.6. The second-order valence-electron chi connectivity index (χ2n) is 6.60. The molecule has 0 radical (unpaired) electrons. The van der Waals surface area contributed by atoms with E-state index in [1.165, 1.54) is 77.3 Å². The van der Waals surface area contributed by atoms with Gasteiger partial charge in [0.05, 0.1) is 12.3 Å². The van der Waals surface area contributed by atoms with Crippen molar-refractivity contribution in [3.8, 4) is 0 Å². The normalized spacial score (nSPS) is 29.7. The molecule has 0 aliphatic carbocycles. The van der Waals surface area contributed by atoms with Gasteiger partial charge in [-0.05, 0) is 45.6 Å². The SMILES string of the molecule is CCCCCCC(C)OC1CCCCC2NCCCN21. The summed E-state index contributed by atoms with van der Waals surface area (Å²) in [5, 5.41) is 3.67. The van der Waals surface area contributed by atoms with Crippen LogP contribution in [0.2, 0.25) is 0 Å². The molecular weight excluding hydrogens is 248 g/mol. The van der Waals surface area contributed by atoms with E-state index in [0.29, 0.717) is 18.5 Å². The molecule has 2 rings (SSSR count). The van der Waals surface area contributed by atoms with Gasteiger partial charge >= 0.3 is 0 Å². The maximum atomic E-state index is 6.41. The summed E-state index contributed by atoms with van der Waals surface area (Å²) in [6.07, 6.45) is 14.4. The van der Waals surface area contributed by atoms with Crippen LogP contribution in [-0.4, -0.2) is 36.5 Å². The Kier molecular flexibility index (Phi) is 7.32. The van der Waals surface area contributed by atoms with Gasteiger partial charge in [0.2, 0.25) is 0 Å². The van der Waals surface area contributed by atoms with Gasteiger partial charge in [0.1, 0.15) is 6.23 Å². The molecule has 3 nitrogen and oxygen atoms in total. The quantitative estimate of drug-likeness (QED) is 0.717. The third-order valence-electron chi connectivity index (χ3n) is 4.78. The van der Waals surface area contributed by atoms with Crippen molar-refractivity contribution in [2.75, 3.05) is 13.1 Å². The Morgan fingerprint density at radius 1 is 1.15 bits per heavy atom. The van der Waals surface area contributed by atoms with Crippen molar-refractivity contribution in [1.29, 1.82) is 0 Å². The monoisotopic (exact) mass is 282 g/mol. The summed E-state index contributed by atoms with van der Waals surface area (Å²) in [5.41, 5.74) is 0.